The monoisotopic (exact) mass is 364 g/mol. The summed E-state index contributed by atoms with van der Waals surface area (Å²) in [5, 5.41) is 0. The molecule has 5 heteroatoms. The van der Waals surface area contributed by atoms with E-state index in [-0.39, 0.29) is 0 Å². The summed E-state index contributed by atoms with van der Waals surface area (Å²) >= 11 is 0. The second-order valence-electron chi connectivity index (χ2n) is 7.39. The van der Waals surface area contributed by atoms with Crippen LogP contribution in [-0.2, 0) is 6.54 Å². The fraction of sp³-hybridized carbons (Fsp3) is 0.409. The maximum absolute atomic E-state index is 5.54. The van der Waals surface area contributed by atoms with Gasteiger partial charge in [-0.25, -0.2) is 4.98 Å². The molecule has 0 unspecified atom stereocenters. The Morgan fingerprint density at radius 1 is 1.19 bits per heavy atom. The number of imidazole rings is 1. The molecule has 0 spiro atoms. The van der Waals surface area contributed by atoms with Crippen LogP contribution in [0.4, 0.5) is 5.69 Å². The number of hydrogen-bond donors (Lipinski definition) is 0. The number of benzene rings is 1. The molecule has 1 fully saturated rings. The molecule has 1 aliphatic rings. The van der Waals surface area contributed by atoms with Gasteiger partial charge in [0.05, 0.1) is 6.26 Å². The lowest BCUT2D eigenvalue weighted by Gasteiger charge is -2.38. The zero-order valence-corrected chi connectivity index (χ0v) is 16.2. The van der Waals surface area contributed by atoms with Crippen molar-refractivity contribution in [2.24, 2.45) is 0 Å². The van der Waals surface area contributed by atoms with E-state index in [1.807, 2.05) is 18.3 Å². The highest BCUT2D eigenvalue weighted by Gasteiger charge is 2.22. The van der Waals surface area contributed by atoms with Gasteiger partial charge < -0.3 is 18.8 Å². The number of nitrogens with zero attached hydrogens (tertiary/aromatic N) is 4. The number of anilines is 1. The molecule has 4 rings (SSSR count). The Labute approximate surface area is 161 Å². The summed E-state index contributed by atoms with van der Waals surface area (Å²) in [7, 11) is 2.25. The average molecular weight is 364 g/mol. The Bertz CT molecular complexity index is 847. The summed E-state index contributed by atoms with van der Waals surface area (Å²) < 4.78 is 7.77. The van der Waals surface area contributed by atoms with E-state index in [0.717, 1.165) is 43.3 Å². The highest BCUT2D eigenvalue weighted by atomic mass is 16.3. The van der Waals surface area contributed by atoms with E-state index < -0.39 is 0 Å². The number of hydrogen-bond acceptors (Lipinski definition) is 4. The molecule has 0 bridgehead atoms. The Morgan fingerprint density at radius 2 is 2.04 bits per heavy atom. The molecule has 27 heavy (non-hydrogen) atoms. The Balaban J connectivity index is 1.32. The smallest absolute Gasteiger partial charge is 0.133 e. The molecule has 0 aliphatic carbocycles. The maximum Gasteiger partial charge on any atom is 0.133 e. The normalized spacial score (nSPS) is 15.6. The second-order valence-corrected chi connectivity index (χ2v) is 7.39. The van der Waals surface area contributed by atoms with Gasteiger partial charge in [0.25, 0.3) is 0 Å². The lowest BCUT2D eigenvalue weighted by atomic mass is 10.0. The van der Waals surface area contributed by atoms with Gasteiger partial charge in [-0.1, -0.05) is 12.1 Å². The molecular weight excluding hydrogens is 336 g/mol. The summed E-state index contributed by atoms with van der Waals surface area (Å²) in [6, 6.07) is 13.3. The van der Waals surface area contributed by atoms with Crippen LogP contribution < -0.4 is 4.90 Å². The lowest BCUT2D eigenvalue weighted by Crippen LogP contribution is -2.44. The van der Waals surface area contributed by atoms with E-state index in [1.54, 1.807) is 6.26 Å². The topological polar surface area (TPSA) is 37.4 Å². The van der Waals surface area contributed by atoms with Crippen molar-refractivity contribution in [1.29, 1.82) is 0 Å². The summed E-state index contributed by atoms with van der Waals surface area (Å²) in [4.78, 5) is 9.31. The molecule has 142 valence electrons. The number of likely N-dealkylation sites (N-methyl/N-ethyl adjacent to an activating group) is 1. The summed E-state index contributed by atoms with van der Waals surface area (Å²) in [5.41, 5.74) is 2.44. The van der Waals surface area contributed by atoms with Crippen LogP contribution >= 0.6 is 0 Å². The van der Waals surface area contributed by atoms with Gasteiger partial charge in [-0.15, -0.1) is 0 Å². The van der Waals surface area contributed by atoms with Gasteiger partial charge in [-0.3, -0.25) is 0 Å². The molecule has 1 saturated heterocycles. The zero-order chi connectivity index (χ0) is 18.6. The summed E-state index contributed by atoms with van der Waals surface area (Å²) in [6.07, 6.45) is 8.08. The van der Waals surface area contributed by atoms with Crippen molar-refractivity contribution in [2.75, 3.05) is 31.6 Å². The van der Waals surface area contributed by atoms with Crippen LogP contribution in [0.2, 0.25) is 0 Å². The van der Waals surface area contributed by atoms with E-state index in [9.17, 15) is 0 Å². The third-order valence-corrected chi connectivity index (χ3v) is 5.72. The first kappa shape index (κ1) is 17.9. The predicted molar refractivity (Wildman–Crippen MR) is 109 cm³/mol. The third-order valence-electron chi connectivity index (χ3n) is 5.72. The lowest BCUT2D eigenvalue weighted by molar-refractivity contribution is 0.200. The third kappa shape index (κ3) is 4.08. The van der Waals surface area contributed by atoms with Crippen LogP contribution in [-0.4, -0.2) is 47.2 Å². The second kappa shape index (κ2) is 8.01. The van der Waals surface area contributed by atoms with Gasteiger partial charge in [0, 0.05) is 55.9 Å². The molecule has 0 N–H and O–H groups in total. The van der Waals surface area contributed by atoms with Crippen molar-refractivity contribution in [3.05, 3.63) is 60.9 Å². The summed E-state index contributed by atoms with van der Waals surface area (Å²) in [6.45, 7) is 6.33. The van der Waals surface area contributed by atoms with Crippen molar-refractivity contribution < 1.29 is 4.42 Å². The van der Waals surface area contributed by atoms with Crippen molar-refractivity contribution in [2.45, 2.75) is 32.4 Å². The highest BCUT2D eigenvalue weighted by molar-refractivity contribution is 5.64. The molecular formula is C22H28N4O. The van der Waals surface area contributed by atoms with Crippen molar-refractivity contribution in [1.82, 2.24) is 14.5 Å². The summed E-state index contributed by atoms with van der Waals surface area (Å²) in [5.74, 6) is 2.02. The minimum absolute atomic E-state index is 0.651. The van der Waals surface area contributed by atoms with E-state index >= 15 is 0 Å². The van der Waals surface area contributed by atoms with Crippen molar-refractivity contribution in [3.63, 3.8) is 0 Å². The SMILES string of the molecule is Cc1nccn1CCN(C)C1CCN(c2cccc(-c3ccco3)c2)CC1. The fourth-order valence-electron chi connectivity index (χ4n) is 3.95. The van der Waals surface area contributed by atoms with Gasteiger partial charge in [0.15, 0.2) is 0 Å². The van der Waals surface area contributed by atoms with Crippen LogP contribution in [0.25, 0.3) is 11.3 Å². The molecule has 3 heterocycles. The van der Waals surface area contributed by atoms with Crippen LogP contribution in [0, 0.1) is 6.92 Å². The number of aromatic nitrogens is 2. The highest BCUT2D eigenvalue weighted by Crippen LogP contribution is 2.27. The first-order chi connectivity index (χ1) is 13.2. The molecule has 0 radical (unpaired) electrons. The van der Waals surface area contributed by atoms with Gasteiger partial charge in [-0.05, 0) is 51.1 Å². The fourth-order valence-corrected chi connectivity index (χ4v) is 3.95. The van der Waals surface area contributed by atoms with E-state index in [2.05, 4.69) is 63.8 Å². The Hall–Kier alpha value is -2.53. The minimum Gasteiger partial charge on any atom is -0.464 e. The number of furan rings is 1. The van der Waals surface area contributed by atoms with Gasteiger partial charge in [0.1, 0.15) is 11.6 Å². The van der Waals surface area contributed by atoms with E-state index in [4.69, 9.17) is 4.42 Å². The first-order valence-corrected chi connectivity index (χ1v) is 9.77. The number of aryl methyl sites for hydroxylation is 1. The molecule has 5 nitrogen and oxygen atoms in total. The van der Waals surface area contributed by atoms with E-state index in [0.29, 0.717) is 6.04 Å². The Morgan fingerprint density at radius 3 is 2.74 bits per heavy atom. The molecule has 1 aromatic carbocycles. The van der Waals surface area contributed by atoms with Crippen LogP contribution in [0.5, 0.6) is 0 Å². The van der Waals surface area contributed by atoms with Gasteiger partial charge in [-0.2, -0.15) is 0 Å². The zero-order valence-electron chi connectivity index (χ0n) is 16.2. The molecule has 1 aliphatic heterocycles. The molecule has 2 aromatic heterocycles. The van der Waals surface area contributed by atoms with Crippen molar-refractivity contribution >= 4 is 5.69 Å². The maximum atomic E-state index is 5.54. The first-order valence-electron chi connectivity index (χ1n) is 9.77. The standard InChI is InChI=1S/C22H28N4O/c1-18-23-10-13-25(18)15-14-24(2)20-8-11-26(12-9-20)21-6-3-5-19(17-21)22-7-4-16-27-22/h3-7,10,13,16-17,20H,8-9,11-12,14-15H2,1-2H3. The molecule has 0 amide bonds. The Kier molecular flexibility index (Phi) is 5.30. The number of rotatable bonds is 6. The molecule has 0 atom stereocenters. The minimum atomic E-state index is 0.651. The quantitative estimate of drug-likeness (QED) is 0.661. The number of piperidine rings is 1. The molecule has 3 aromatic rings. The average Bonchev–Trinajstić information content (AvgIpc) is 3.38. The molecule has 0 saturated carbocycles. The van der Waals surface area contributed by atoms with Gasteiger partial charge in [0.2, 0.25) is 0 Å². The largest absolute Gasteiger partial charge is 0.464 e. The van der Waals surface area contributed by atoms with Crippen LogP contribution in [0.3, 0.4) is 0 Å². The van der Waals surface area contributed by atoms with Gasteiger partial charge >= 0.3 is 0 Å². The van der Waals surface area contributed by atoms with Crippen LogP contribution in [0.1, 0.15) is 18.7 Å². The van der Waals surface area contributed by atoms with Crippen LogP contribution in [0.15, 0.2) is 59.5 Å². The predicted octanol–water partition coefficient (Wildman–Crippen LogP) is 4.05. The van der Waals surface area contributed by atoms with E-state index in [1.165, 1.54) is 18.5 Å². The van der Waals surface area contributed by atoms with Crippen molar-refractivity contribution in [3.8, 4) is 11.3 Å².